The Morgan fingerprint density at radius 2 is 2.05 bits per heavy atom. The molecule has 0 bridgehead atoms. The van der Waals surface area contributed by atoms with Crippen molar-refractivity contribution >= 4 is 11.6 Å². The minimum atomic E-state index is -0.904. The average Bonchev–Trinajstić information content (AvgIpc) is 2.40. The molecule has 0 spiro atoms. The van der Waals surface area contributed by atoms with E-state index in [1.807, 2.05) is 0 Å². The van der Waals surface area contributed by atoms with E-state index in [2.05, 4.69) is 0 Å². The van der Waals surface area contributed by atoms with Crippen molar-refractivity contribution in [3.05, 3.63) is 11.6 Å². The molecule has 5 nitrogen and oxygen atoms in total. The highest BCUT2D eigenvalue weighted by atomic mass is 16.7. The second-order valence-corrected chi connectivity index (χ2v) is 4.90. The Kier molecular flexibility index (Phi) is 4.85. The first kappa shape index (κ1) is 14.4. The van der Waals surface area contributed by atoms with Gasteiger partial charge in [-0.1, -0.05) is 0 Å². The number of fused-ring (bicyclic) bond motifs is 1. The smallest absolute Gasteiger partial charge is 0.169 e. The molecule has 1 fully saturated rings. The van der Waals surface area contributed by atoms with Crippen LogP contribution in [0.5, 0.6) is 0 Å². The second-order valence-electron chi connectivity index (χ2n) is 4.90. The molecule has 0 amide bonds. The van der Waals surface area contributed by atoms with Gasteiger partial charge in [-0.15, -0.1) is 0 Å². The maximum Gasteiger partial charge on any atom is 0.169 e. The summed E-state index contributed by atoms with van der Waals surface area (Å²) in [7, 11) is 1.60. The number of methoxy groups -OCH3 is 1. The molecule has 0 aromatic carbocycles. The summed E-state index contributed by atoms with van der Waals surface area (Å²) in [5.41, 5.74) is -0.0745. The van der Waals surface area contributed by atoms with Gasteiger partial charge in [0.15, 0.2) is 17.2 Å². The molecule has 2 aliphatic carbocycles. The molecule has 19 heavy (non-hydrogen) atoms. The SMILES string of the molecule is COCCOCO[C@]12CCC(=O)C=C1CCCC2=O. The predicted molar refractivity (Wildman–Crippen MR) is 67.7 cm³/mol. The fraction of sp³-hybridized carbons (Fsp3) is 0.714. The third kappa shape index (κ3) is 3.11. The lowest BCUT2D eigenvalue weighted by Gasteiger charge is -2.39. The number of ether oxygens (including phenoxy) is 3. The summed E-state index contributed by atoms with van der Waals surface area (Å²) in [6, 6.07) is 0. The Morgan fingerprint density at radius 1 is 1.21 bits per heavy atom. The molecule has 1 atom stereocenters. The number of hydrogen-bond donors (Lipinski definition) is 0. The molecule has 0 N–H and O–H groups in total. The van der Waals surface area contributed by atoms with Gasteiger partial charge < -0.3 is 14.2 Å². The highest BCUT2D eigenvalue weighted by Gasteiger charge is 2.46. The van der Waals surface area contributed by atoms with E-state index in [0.717, 1.165) is 18.4 Å². The predicted octanol–water partition coefficient (Wildman–Crippen LogP) is 1.40. The third-order valence-corrected chi connectivity index (χ3v) is 3.70. The van der Waals surface area contributed by atoms with Crippen LogP contribution in [0.4, 0.5) is 0 Å². The molecule has 0 aliphatic heterocycles. The van der Waals surface area contributed by atoms with Crippen LogP contribution in [0, 0.1) is 0 Å². The molecule has 0 saturated heterocycles. The van der Waals surface area contributed by atoms with Crippen molar-refractivity contribution in [3.63, 3.8) is 0 Å². The topological polar surface area (TPSA) is 61.8 Å². The minimum Gasteiger partial charge on any atom is -0.382 e. The van der Waals surface area contributed by atoms with Crippen molar-refractivity contribution in [2.75, 3.05) is 27.1 Å². The van der Waals surface area contributed by atoms with Crippen molar-refractivity contribution in [1.29, 1.82) is 0 Å². The zero-order valence-electron chi connectivity index (χ0n) is 11.3. The highest BCUT2D eigenvalue weighted by molar-refractivity contribution is 5.99. The number of ketones is 2. The fourth-order valence-corrected chi connectivity index (χ4v) is 2.67. The largest absolute Gasteiger partial charge is 0.382 e. The summed E-state index contributed by atoms with van der Waals surface area (Å²) >= 11 is 0. The van der Waals surface area contributed by atoms with E-state index >= 15 is 0 Å². The van der Waals surface area contributed by atoms with Crippen molar-refractivity contribution in [2.24, 2.45) is 0 Å². The Labute approximate surface area is 112 Å². The molecule has 2 aliphatic rings. The van der Waals surface area contributed by atoms with E-state index in [-0.39, 0.29) is 18.4 Å². The third-order valence-electron chi connectivity index (χ3n) is 3.70. The lowest BCUT2D eigenvalue weighted by atomic mass is 9.72. The minimum absolute atomic E-state index is 0.0562. The Balaban J connectivity index is 2.01. The Bertz CT molecular complexity index is 387. The van der Waals surface area contributed by atoms with Crippen LogP contribution in [0.1, 0.15) is 32.1 Å². The van der Waals surface area contributed by atoms with Gasteiger partial charge in [0.1, 0.15) is 6.79 Å². The van der Waals surface area contributed by atoms with Crippen molar-refractivity contribution in [1.82, 2.24) is 0 Å². The van der Waals surface area contributed by atoms with E-state index in [4.69, 9.17) is 14.2 Å². The molecule has 0 unspecified atom stereocenters. The molecule has 0 aromatic heterocycles. The van der Waals surface area contributed by atoms with Gasteiger partial charge in [-0.3, -0.25) is 9.59 Å². The number of rotatable bonds is 6. The van der Waals surface area contributed by atoms with E-state index in [9.17, 15) is 9.59 Å². The normalized spacial score (nSPS) is 27.1. The maximum atomic E-state index is 12.2. The summed E-state index contributed by atoms with van der Waals surface area (Å²) in [4.78, 5) is 23.7. The summed E-state index contributed by atoms with van der Waals surface area (Å²) in [5.74, 6) is 0.164. The van der Waals surface area contributed by atoms with E-state index in [0.29, 0.717) is 32.5 Å². The number of allylic oxidation sites excluding steroid dienone is 1. The summed E-state index contributed by atoms with van der Waals surface area (Å²) in [6.45, 7) is 0.977. The van der Waals surface area contributed by atoms with E-state index < -0.39 is 5.60 Å². The second kappa shape index (κ2) is 6.41. The van der Waals surface area contributed by atoms with Crippen LogP contribution in [0.2, 0.25) is 0 Å². The molecule has 1 saturated carbocycles. The number of carbonyl (C=O) groups is 2. The average molecular weight is 268 g/mol. The number of carbonyl (C=O) groups excluding carboxylic acids is 2. The van der Waals surface area contributed by atoms with Gasteiger partial charge in [-0.25, -0.2) is 0 Å². The molecule has 2 rings (SSSR count). The number of hydrogen-bond acceptors (Lipinski definition) is 5. The van der Waals surface area contributed by atoms with Gasteiger partial charge in [0, 0.05) is 20.0 Å². The fourth-order valence-electron chi connectivity index (χ4n) is 2.67. The van der Waals surface area contributed by atoms with Crippen LogP contribution in [0.25, 0.3) is 0 Å². The Morgan fingerprint density at radius 3 is 2.84 bits per heavy atom. The monoisotopic (exact) mass is 268 g/mol. The number of Topliss-reactive ketones (excluding diaryl/α,β-unsaturated/α-hetero) is 1. The quantitative estimate of drug-likeness (QED) is 0.538. The van der Waals surface area contributed by atoms with E-state index in [1.165, 1.54) is 0 Å². The van der Waals surface area contributed by atoms with Crippen molar-refractivity contribution in [2.45, 2.75) is 37.7 Å². The lowest BCUT2D eigenvalue weighted by molar-refractivity contribution is -0.166. The summed E-state index contributed by atoms with van der Waals surface area (Å²) < 4.78 is 15.9. The van der Waals surface area contributed by atoms with Crippen molar-refractivity contribution in [3.8, 4) is 0 Å². The zero-order valence-corrected chi connectivity index (χ0v) is 11.3. The standard InChI is InChI=1S/C14H20O5/c1-17-7-8-18-10-19-14-6-5-12(15)9-11(14)3-2-4-13(14)16/h9H,2-8,10H2,1H3/t14-/m1/s1. The molecule has 106 valence electrons. The first-order chi connectivity index (χ1) is 9.19. The highest BCUT2D eigenvalue weighted by Crippen LogP contribution is 2.40. The molecular weight excluding hydrogens is 248 g/mol. The maximum absolute atomic E-state index is 12.2. The van der Waals surface area contributed by atoms with Gasteiger partial charge in [0.2, 0.25) is 0 Å². The van der Waals surface area contributed by atoms with Crippen LogP contribution >= 0.6 is 0 Å². The van der Waals surface area contributed by atoms with Crippen LogP contribution in [-0.4, -0.2) is 44.3 Å². The van der Waals surface area contributed by atoms with Gasteiger partial charge in [0.25, 0.3) is 0 Å². The van der Waals surface area contributed by atoms with Crippen LogP contribution in [0.3, 0.4) is 0 Å². The molecular formula is C14H20O5. The van der Waals surface area contributed by atoms with Gasteiger partial charge >= 0.3 is 0 Å². The molecule has 5 heteroatoms. The molecule has 0 radical (unpaired) electrons. The van der Waals surface area contributed by atoms with Gasteiger partial charge in [-0.05, 0) is 30.9 Å². The van der Waals surface area contributed by atoms with Crippen LogP contribution in [-0.2, 0) is 23.8 Å². The van der Waals surface area contributed by atoms with Crippen LogP contribution < -0.4 is 0 Å². The van der Waals surface area contributed by atoms with Gasteiger partial charge in [0.05, 0.1) is 13.2 Å². The lowest BCUT2D eigenvalue weighted by Crippen LogP contribution is -2.48. The first-order valence-electron chi connectivity index (χ1n) is 6.67. The van der Waals surface area contributed by atoms with Crippen molar-refractivity contribution < 1.29 is 23.8 Å². The van der Waals surface area contributed by atoms with Gasteiger partial charge in [-0.2, -0.15) is 0 Å². The van der Waals surface area contributed by atoms with Crippen LogP contribution in [0.15, 0.2) is 11.6 Å². The molecule has 0 heterocycles. The van der Waals surface area contributed by atoms with E-state index in [1.54, 1.807) is 13.2 Å². The molecule has 0 aromatic rings. The first-order valence-corrected chi connectivity index (χ1v) is 6.67. The summed E-state index contributed by atoms with van der Waals surface area (Å²) in [6.07, 6.45) is 4.49. The summed E-state index contributed by atoms with van der Waals surface area (Å²) in [5, 5.41) is 0. The Hall–Kier alpha value is -1.04. The zero-order chi connectivity index (χ0) is 13.7.